The van der Waals surface area contributed by atoms with E-state index in [9.17, 15) is 4.79 Å². The second kappa shape index (κ2) is 8.41. The van der Waals surface area contributed by atoms with Gasteiger partial charge in [-0.3, -0.25) is 9.20 Å². The van der Waals surface area contributed by atoms with Crippen LogP contribution >= 0.6 is 23.2 Å². The van der Waals surface area contributed by atoms with E-state index >= 15 is 0 Å². The lowest BCUT2D eigenvalue weighted by molar-refractivity contribution is -0.140. The number of carbonyl (C=O) groups is 1. The molecule has 0 saturated carbocycles. The number of anilines is 1. The highest BCUT2D eigenvalue weighted by atomic mass is 35.5. The molecule has 0 aliphatic rings. The van der Waals surface area contributed by atoms with Gasteiger partial charge in [-0.1, -0.05) is 53.5 Å². The summed E-state index contributed by atoms with van der Waals surface area (Å²) in [6.45, 7) is 3.98. The first kappa shape index (κ1) is 19.2. The van der Waals surface area contributed by atoms with Crippen molar-refractivity contribution in [1.82, 2.24) is 14.4 Å². The van der Waals surface area contributed by atoms with Crippen LogP contribution < -0.4 is 5.32 Å². The van der Waals surface area contributed by atoms with Crippen LogP contribution in [0.3, 0.4) is 0 Å². The number of carbonyl (C=O) groups excluding carboxylic acids is 1. The molecule has 1 N–H and O–H groups in total. The number of nitrogens with one attached hydrogen (secondary N) is 1. The van der Waals surface area contributed by atoms with Crippen LogP contribution in [-0.2, 0) is 9.53 Å². The molecule has 2 aromatic heterocycles. The highest BCUT2D eigenvalue weighted by molar-refractivity contribution is 6.33. The number of allylic oxidation sites excluding steroid dienone is 1. The Hall–Kier alpha value is -2.57. The van der Waals surface area contributed by atoms with Crippen molar-refractivity contribution >= 4 is 52.4 Å². The van der Waals surface area contributed by atoms with E-state index in [0.717, 1.165) is 11.1 Å². The Kier molecular flexibility index (Phi) is 5.98. The van der Waals surface area contributed by atoms with E-state index in [1.165, 1.54) is 6.07 Å². The second-order valence-corrected chi connectivity index (χ2v) is 6.52. The number of rotatable bonds is 6. The molecule has 27 heavy (non-hydrogen) atoms. The fraction of sp³-hybridized carbons (Fsp3) is 0.211. The molecule has 0 aliphatic heterocycles. The zero-order chi connectivity index (χ0) is 19.4. The topological polar surface area (TPSA) is 68.5 Å². The van der Waals surface area contributed by atoms with Gasteiger partial charge in [0.05, 0.1) is 6.61 Å². The van der Waals surface area contributed by atoms with Gasteiger partial charge in [0.25, 0.3) is 0 Å². The Balaban J connectivity index is 2.07. The molecule has 0 fully saturated rings. The summed E-state index contributed by atoms with van der Waals surface area (Å²) < 4.78 is 6.60. The molecule has 0 bridgehead atoms. The molecule has 0 atom stereocenters. The van der Waals surface area contributed by atoms with Gasteiger partial charge >= 0.3 is 5.97 Å². The largest absolute Gasteiger partial charge is 0.465 e. The van der Waals surface area contributed by atoms with E-state index < -0.39 is 0 Å². The zero-order valence-corrected chi connectivity index (χ0v) is 16.4. The zero-order valence-electron chi connectivity index (χ0n) is 14.9. The van der Waals surface area contributed by atoms with Gasteiger partial charge in [0.2, 0.25) is 5.78 Å². The Morgan fingerprint density at radius 2 is 2.00 bits per heavy atom. The van der Waals surface area contributed by atoms with E-state index in [4.69, 9.17) is 27.9 Å². The SMILES string of the molecule is CCOC(=O)CNc1c(/C(C)=C/c2ccccc2)nc2nc(Cl)cc(Cl)n12. The van der Waals surface area contributed by atoms with Crippen molar-refractivity contribution in [1.29, 1.82) is 0 Å². The number of benzene rings is 1. The van der Waals surface area contributed by atoms with Crippen molar-refractivity contribution in [3.63, 3.8) is 0 Å². The summed E-state index contributed by atoms with van der Waals surface area (Å²) in [5.74, 6) is 0.521. The van der Waals surface area contributed by atoms with Crippen LogP contribution in [0.1, 0.15) is 25.1 Å². The molecule has 0 amide bonds. The van der Waals surface area contributed by atoms with E-state index in [-0.39, 0.29) is 17.7 Å². The first-order chi connectivity index (χ1) is 13.0. The number of hydrogen-bond donors (Lipinski definition) is 1. The molecule has 0 saturated heterocycles. The third-order valence-corrected chi connectivity index (χ3v) is 4.25. The number of aromatic nitrogens is 3. The Labute approximate surface area is 166 Å². The summed E-state index contributed by atoms with van der Waals surface area (Å²) in [4.78, 5) is 20.6. The summed E-state index contributed by atoms with van der Waals surface area (Å²) in [5, 5.41) is 3.64. The molecular weight excluding hydrogens is 387 g/mol. The molecule has 0 spiro atoms. The molecule has 3 aromatic rings. The van der Waals surface area contributed by atoms with E-state index in [1.54, 1.807) is 11.3 Å². The van der Waals surface area contributed by atoms with Crippen molar-refractivity contribution in [2.75, 3.05) is 18.5 Å². The third kappa shape index (κ3) is 4.40. The predicted molar refractivity (Wildman–Crippen MR) is 108 cm³/mol. The van der Waals surface area contributed by atoms with Crippen molar-refractivity contribution < 1.29 is 9.53 Å². The molecule has 0 unspecified atom stereocenters. The second-order valence-electron chi connectivity index (χ2n) is 5.74. The minimum absolute atomic E-state index is 0.0216. The van der Waals surface area contributed by atoms with Crippen LogP contribution in [-0.4, -0.2) is 33.5 Å². The van der Waals surface area contributed by atoms with Crippen LogP contribution in [0.4, 0.5) is 5.82 Å². The fourth-order valence-electron chi connectivity index (χ4n) is 2.65. The summed E-state index contributed by atoms with van der Waals surface area (Å²) in [6.07, 6.45) is 1.99. The number of fused-ring (bicyclic) bond motifs is 1. The first-order valence-corrected chi connectivity index (χ1v) is 9.13. The third-order valence-electron chi connectivity index (χ3n) is 3.78. The number of halogens is 2. The standard InChI is InChI=1S/C19H18Cl2N4O2/c1-3-27-16(26)11-22-18-17(12(2)9-13-7-5-4-6-8-13)24-19-23-14(20)10-15(21)25(18)19/h4-10,22H,3,11H2,1-2H3/b12-9+. The maximum absolute atomic E-state index is 11.8. The first-order valence-electron chi connectivity index (χ1n) is 8.37. The molecule has 0 aliphatic carbocycles. The molecule has 0 radical (unpaired) electrons. The molecule has 8 heteroatoms. The predicted octanol–water partition coefficient (Wildman–Crippen LogP) is 4.57. The van der Waals surface area contributed by atoms with Gasteiger partial charge in [-0.15, -0.1) is 0 Å². The maximum Gasteiger partial charge on any atom is 0.325 e. The highest BCUT2D eigenvalue weighted by Gasteiger charge is 2.18. The lowest BCUT2D eigenvalue weighted by atomic mass is 10.1. The Morgan fingerprint density at radius 3 is 2.70 bits per heavy atom. The van der Waals surface area contributed by atoms with Crippen LogP contribution in [0.5, 0.6) is 0 Å². The fourth-order valence-corrected chi connectivity index (χ4v) is 3.15. The van der Waals surface area contributed by atoms with Crippen molar-refractivity contribution in [3.05, 3.63) is 58.0 Å². The Bertz CT molecular complexity index is 1000. The van der Waals surface area contributed by atoms with E-state index in [1.807, 2.05) is 43.3 Å². The Morgan fingerprint density at radius 1 is 1.26 bits per heavy atom. The van der Waals surface area contributed by atoms with E-state index in [2.05, 4.69) is 15.3 Å². The lowest BCUT2D eigenvalue weighted by Gasteiger charge is -2.09. The van der Waals surface area contributed by atoms with Crippen molar-refractivity contribution in [2.45, 2.75) is 13.8 Å². The summed E-state index contributed by atoms with van der Waals surface area (Å²) in [6, 6.07) is 11.4. The van der Waals surface area contributed by atoms with Crippen molar-refractivity contribution in [3.8, 4) is 0 Å². The lowest BCUT2D eigenvalue weighted by Crippen LogP contribution is -2.18. The number of ether oxygens (including phenoxy) is 1. The summed E-state index contributed by atoms with van der Waals surface area (Å²) in [7, 11) is 0. The van der Waals surface area contributed by atoms with Gasteiger partial charge in [0, 0.05) is 6.07 Å². The number of nitrogens with zero attached hydrogens (tertiary/aromatic N) is 3. The molecule has 1 aromatic carbocycles. The molecule has 3 rings (SSSR count). The quantitative estimate of drug-likeness (QED) is 0.481. The smallest absolute Gasteiger partial charge is 0.325 e. The number of hydrogen-bond acceptors (Lipinski definition) is 5. The molecule has 140 valence electrons. The van der Waals surface area contributed by atoms with E-state index in [0.29, 0.717) is 29.0 Å². The van der Waals surface area contributed by atoms with Crippen LogP contribution in [0, 0.1) is 0 Å². The maximum atomic E-state index is 11.8. The van der Waals surface area contributed by atoms with Gasteiger partial charge in [0.15, 0.2) is 0 Å². The minimum atomic E-state index is -0.374. The number of imidazole rings is 1. The normalized spacial score (nSPS) is 11.6. The van der Waals surface area contributed by atoms with Gasteiger partial charge in [-0.25, -0.2) is 9.97 Å². The van der Waals surface area contributed by atoms with Gasteiger partial charge < -0.3 is 10.1 Å². The number of esters is 1. The molecule has 2 heterocycles. The van der Waals surface area contributed by atoms with Crippen LogP contribution in [0.15, 0.2) is 36.4 Å². The van der Waals surface area contributed by atoms with Gasteiger partial charge in [-0.05, 0) is 31.1 Å². The van der Waals surface area contributed by atoms with Crippen LogP contribution in [0.25, 0.3) is 17.4 Å². The summed E-state index contributed by atoms with van der Waals surface area (Å²) in [5.41, 5.74) is 2.53. The average Bonchev–Trinajstić information content (AvgIpc) is 3.00. The minimum Gasteiger partial charge on any atom is -0.465 e. The molecular formula is C19H18Cl2N4O2. The average molecular weight is 405 g/mol. The van der Waals surface area contributed by atoms with Gasteiger partial charge in [-0.2, -0.15) is 0 Å². The van der Waals surface area contributed by atoms with Gasteiger partial charge in [0.1, 0.15) is 28.4 Å². The summed E-state index contributed by atoms with van der Waals surface area (Å²) >= 11 is 12.4. The van der Waals surface area contributed by atoms with Crippen LogP contribution in [0.2, 0.25) is 10.3 Å². The van der Waals surface area contributed by atoms with Crippen molar-refractivity contribution in [2.24, 2.45) is 0 Å². The monoisotopic (exact) mass is 404 g/mol. The highest BCUT2D eigenvalue weighted by Crippen LogP contribution is 2.29. The molecule has 6 nitrogen and oxygen atoms in total.